The third kappa shape index (κ3) is 6.08. The van der Waals surface area contributed by atoms with Gasteiger partial charge >= 0.3 is 19.1 Å². The molecule has 1 aliphatic heterocycles. The van der Waals surface area contributed by atoms with Crippen LogP contribution in [0.1, 0.15) is 35.5 Å². The van der Waals surface area contributed by atoms with Gasteiger partial charge in [-0.05, 0) is 31.9 Å². The summed E-state index contributed by atoms with van der Waals surface area (Å²) < 4.78 is 5.37. The second-order valence-electron chi connectivity index (χ2n) is 8.08. The lowest BCUT2D eigenvalue weighted by Gasteiger charge is -2.29. The zero-order valence-corrected chi connectivity index (χ0v) is 19.9. The van der Waals surface area contributed by atoms with E-state index < -0.39 is 49.0 Å². The van der Waals surface area contributed by atoms with Gasteiger partial charge in [-0.3, -0.25) is 14.4 Å². The number of aliphatic carboxylic acids is 1. The summed E-state index contributed by atoms with van der Waals surface area (Å²) in [5, 5.41) is 38.5. The van der Waals surface area contributed by atoms with Crippen LogP contribution in [0, 0.1) is 0 Å². The Morgan fingerprint density at radius 1 is 1.33 bits per heavy atom. The SMILES string of the molecule is CC(C)(ON=C(C(=O)NC1Cc2cccc(C(=O)O)c2OB1O)c1csc(N)n1)C(=O)NCC(=O)O. The molecule has 0 saturated heterocycles. The number of amides is 2. The number of nitrogen functional groups attached to an aromatic ring is 1. The summed E-state index contributed by atoms with van der Waals surface area (Å²) in [5.74, 6) is -5.14. The van der Waals surface area contributed by atoms with Gasteiger partial charge in [-0.15, -0.1) is 11.3 Å². The van der Waals surface area contributed by atoms with Crippen LogP contribution in [0.5, 0.6) is 5.75 Å². The number of benzene rings is 1. The number of nitrogens with one attached hydrogen (secondary N) is 2. The van der Waals surface area contributed by atoms with Crippen LogP contribution in [-0.2, 0) is 25.6 Å². The van der Waals surface area contributed by atoms with Gasteiger partial charge in [0.1, 0.15) is 18.0 Å². The number of nitrogens with two attached hydrogens (primary N) is 1. The minimum Gasteiger partial charge on any atom is -0.534 e. The van der Waals surface area contributed by atoms with E-state index in [1.165, 1.54) is 31.4 Å². The maximum atomic E-state index is 13.1. The first-order valence-corrected chi connectivity index (χ1v) is 11.3. The largest absolute Gasteiger partial charge is 0.547 e. The number of carboxylic acids is 2. The van der Waals surface area contributed by atoms with E-state index in [1.54, 1.807) is 6.07 Å². The maximum absolute atomic E-state index is 13.1. The lowest BCUT2D eigenvalue weighted by molar-refractivity contribution is -0.146. The number of hydrogen-bond donors (Lipinski definition) is 6. The van der Waals surface area contributed by atoms with Crippen molar-refractivity contribution in [2.75, 3.05) is 12.3 Å². The number of nitrogens with zero attached hydrogens (tertiary/aromatic N) is 2. The average molecular weight is 519 g/mol. The van der Waals surface area contributed by atoms with Gasteiger partial charge in [0, 0.05) is 5.38 Å². The van der Waals surface area contributed by atoms with Crippen LogP contribution in [0.25, 0.3) is 0 Å². The Kier molecular flexibility index (Phi) is 7.79. The van der Waals surface area contributed by atoms with Crippen molar-refractivity contribution in [3.05, 3.63) is 40.4 Å². The molecule has 2 aromatic rings. The molecule has 1 atom stereocenters. The van der Waals surface area contributed by atoms with Crippen molar-refractivity contribution in [1.29, 1.82) is 0 Å². The highest BCUT2D eigenvalue weighted by atomic mass is 32.1. The van der Waals surface area contributed by atoms with Gasteiger partial charge in [-0.2, -0.15) is 0 Å². The summed E-state index contributed by atoms with van der Waals surface area (Å²) in [6.07, 6.45) is 0.0415. The fourth-order valence-corrected chi connectivity index (χ4v) is 3.67. The Hall–Kier alpha value is -4.18. The third-order valence-electron chi connectivity index (χ3n) is 4.96. The van der Waals surface area contributed by atoms with Crippen molar-refractivity contribution in [3.8, 4) is 5.75 Å². The van der Waals surface area contributed by atoms with Crippen molar-refractivity contribution >= 4 is 53.1 Å². The van der Waals surface area contributed by atoms with E-state index in [0.717, 1.165) is 11.3 Å². The molecule has 2 amide bonds. The van der Waals surface area contributed by atoms with Gasteiger partial charge in [-0.1, -0.05) is 17.3 Å². The molecule has 16 heteroatoms. The molecule has 0 aliphatic carbocycles. The molecule has 3 rings (SSSR count). The van der Waals surface area contributed by atoms with Crippen LogP contribution >= 0.6 is 11.3 Å². The number of rotatable bonds is 9. The number of carbonyl (C=O) groups excluding carboxylic acids is 2. The van der Waals surface area contributed by atoms with Gasteiger partial charge in [0.15, 0.2) is 10.8 Å². The molecule has 1 aromatic carbocycles. The molecule has 14 nitrogen and oxygen atoms in total. The summed E-state index contributed by atoms with van der Waals surface area (Å²) in [7, 11) is -1.58. The average Bonchev–Trinajstić information content (AvgIpc) is 3.23. The number of hydrogen-bond acceptors (Lipinski definition) is 11. The Morgan fingerprint density at radius 3 is 2.67 bits per heavy atom. The van der Waals surface area contributed by atoms with Crippen molar-refractivity contribution in [2.24, 2.45) is 5.16 Å². The minimum absolute atomic E-state index is 0.00150. The van der Waals surface area contributed by atoms with Gasteiger partial charge in [0.05, 0.1) is 11.5 Å². The minimum atomic E-state index is -1.66. The molecule has 0 bridgehead atoms. The topological polar surface area (TPSA) is 223 Å². The smallest absolute Gasteiger partial charge is 0.534 e. The molecular formula is C20H22BN5O9S. The van der Waals surface area contributed by atoms with E-state index >= 15 is 0 Å². The second-order valence-corrected chi connectivity index (χ2v) is 8.97. The molecule has 36 heavy (non-hydrogen) atoms. The summed E-state index contributed by atoms with van der Waals surface area (Å²) in [6, 6.07) is 4.44. The van der Waals surface area contributed by atoms with Gasteiger partial charge in [0.2, 0.25) is 5.60 Å². The quantitative estimate of drug-likeness (QED) is 0.138. The molecule has 7 N–H and O–H groups in total. The number of carbonyl (C=O) groups is 4. The zero-order valence-electron chi connectivity index (χ0n) is 19.0. The summed E-state index contributed by atoms with van der Waals surface area (Å²) >= 11 is 1.02. The highest BCUT2D eigenvalue weighted by Crippen LogP contribution is 2.30. The van der Waals surface area contributed by atoms with Crippen molar-refractivity contribution < 1.29 is 43.9 Å². The molecule has 1 aromatic heterocycles. The Bertz CT molecular complexity index is 1230. The molecule has 0 radical (unpaired) electrons. The van der Waals surface area contributed by atoms with E-state index in [4.69, 9.17) is 20.3 Å². The Balaban J connectivity index is 1.82. The lowest BCUT2D eigenvalue weighted by Crippen LogP contribution is -2.54. The first kappa shape index (κ1) is 26.4. The maximum Gasteiger partial charge on any atom is 0.547 e. The van der Waals surface area contributed by atoms with Crippen molar-refractivity contribution in [2.45, 2.75) is 31.8 Å². The van der Waals surface area contributed by atoms with Gasteiger partial charge < -0.3 is 41.1 Å². The fraction of sp³-hybridized carbons (Fsp3) is 0.300. The van der Waals surface area contributed by atoms with Crippen LogP contribution in [0.3, 0.4) is 0 Å². The van der Waals surface area contributed by atoms with Crippen LogP contribution in [0.4, 0.5) is 5.13 Å². The molecule has 0 saturated carbocycles. The van der Waals surface area contributed by atoms with E-state index in [-0.39, 0.29) is 34.3 Å². The first-order valence-electron chi connectivity index (χ1n) is 10.4. The van der Waals surface area contributed by atoms with Crippen LogP contribution in [-0.4, -0.2) is 74.9 Å². The van der Waals surface area contributed by atoms with E-state index in [0.29, 0.717) is 5.56 Å². The molecular weight excluding hydrogens is 497 g/mol. The van der Waals surface area contributed by atoms with Crippen LogP contribution in [0.2, 0.25) is 0 Å². The van der Waals surface area contributed by atoms with Crippen molar-refractivity contribution in [3.63, 3.8) is 0 Å². The summed E-state index contributed by atoms with van der Waals surface area (Å²) in [4.78, 5) is 56.8. The standard InChI is InChI=1S/C20H22BN5O9S/c1-20(2,18(32)23-7-13(27)28)35-26-14(11-8-36-19(22)24-11)16(29)25-12-6-9-4-3-5-10(17(30)31)15(9)34-21(12)33/h3-5,8,12,33H,6-7H2,1-2H3,(H2,22,24)(H,23,32)(H,25,29)(H,27,28)(H,30,31). The number of aromatic nitrogens is 1. The number of oxime groups is 1. The number of aromatic carboxylic acids is 1. The van der Waals surface area contributed by atoms with Gasteiger partial charge in [-0.25, -0.2) is 9.78 Å². The van der Waals surface area contributed by atoms with Gasteiger partial charge in [0.25, 0.3) is 11.8 Å². The highest BCUT2D eigenvalue weighted by molar-refractivity contribution is 7.13. The first-order chi connectivity index (χ1) is 16.9. The highest BCUT2D eigenvalue weighted by Gasteiger charge is 2.39. The fourth-order valence-electron chi connectivity index (χ4n) is 3.12. The second kappa shape index (κ2) is 10.6. The molecule has 190 valence electrons. The number of carboxylic acid groups (broad SMARTS) is 2. The predicted molar refractivity (Wildman–Crippen MR) is 127 cm³/mol. The van der Waals surface area contributed by atoms with E-state index in [9.17, 15) is 29.3 Å². The normalized spacial score (nSPS) is 15.4. The lowest BCUT2D eigenvalue weighted by atomic mass is 9.72. The molecule has 0 spiro atoms. The van der Waals surface area contributed by atoms with E-state index in [1.807, 2.05) is 0 Å². The van der Waals surface area contributed by atoms with Crippen LogP contribution < -0.4 is 21.0 Å². The third-order valence-corrected chi connectivity index (χ3v) is 5.63. The molecule has 1 aliphatic rings. The van der Waals surface area contributed by atoms with Crippen LogP contribution in [0.15, 0.2) is 28.7 Å². The number of anilines is 1. The Morgan fingerprint density at radius 2 is 2.06 bits per heavy atom. The summed E-state index contributed by atoms with van der Waals surface area (Å²) in [5.41, 5.74) is 3.97. The monoisotopic (exact) mass is 519 g/mol. The molecule has 1 unspecified atom stereocenters. The van der Waals surface area contributed by atoms with E-state index in [2.05, 4.69) is 20.8 Å². The predicted octanol–water partition coefficient (Wildman–Crippen LogP) is -0.737. The Labute approximate surface area is 208 Å². The van der Waals surface area contributed by atoms with Crippen molar-refractivity contribution in [1.82, 2.24) is 15.6 Å². The number of fused-ring (bicyclic) bond motifs is 1. The number of thiazole rings is 1. The number of para-hydroxylation sites is 1. The zero-order chi connectivity index (χ0) is 26.6. The summed E-state index contributed by atoms with van der Waals surface area (Å²) in [6.45, 7) is 1.98. The molecule has 0 fully saturated rings. The molecule has 2 heterocycles.